The molecular formula is C11H22N2O4S. The van der Waals surface area contributed by atoms with Gasteiger partial charge in [-0.15, -0.1) is 0 Å². The molecule has 0 aromatic carbocycles. The van der Waals surface area contributed by atoms with Crippen LogP contribution in [-0.2, 0) is 15.0 Å². The molecular weight excluding hydrogens is 256 g/mol. The van der Waals surface area contributed by atoms with Crippen molar-refractivity contribution in [1.82, 2.24) is 8.61 Å². The largest absolute Gasteiger partial charge is 0.481 e. The quantitative estimate of drug-likeness (QED) is 0.783. The second kappa shape index (κ2) is 6.49. The first kappa shape index (κ1) is 15.4. The predicted octanol–water partition coefficient (Wildman–Crippen LogP) is 0.902. The number of hydrogen-bond acceptors (Lipinski definition) is 3. The summed E-state index contributed by atoms with van der Waals surface area (Å²) in [5, 5.41) is 8.54. The molecule has 0 saturated carbocycles. The monoisotopic (exact) mass is 278 g/mol. The van der Waals surface area contributed by atoms with Crippen LogP contribution in [0.25, 0.3) is 0 Å². The summed E-state index contributed by atoms with van der Waals surface area (Å²) in [4.78, 5) is 10.4. The van der Waals surface area contributed by atoms with E-state index in [4.69, 9.17) is 5.11 Å². The standard InChI is InChI=1S/C11H22N2O4S/c1-10-6-3-4-9-13(10)18(16,17)12(2)8-5-7-11(14)15/h10H,3-9H2,1-2H3,(H,14,15). The zero-order valence-corrected chi connectivity index (χ0v) is 11.8. The molecule has 1 heterocycles. The third-order valence-electron chi connectivity index (χ3n) is 3.30. The first-order valence-electron chi connectivity index (χ1n) is 6.30. The second-order valence-corrected chi connectivity index (χ2v) is 6.77. The van der Waals surface area contributed by atoms with Crippen molar-refractivity contribution in [2.24, 2.45) is 0 Å². The van der Waals surface area contributed by atoms with Gasteiger partial charge in [0.05, 0.1) is 0 Å². The topological polar surface area (TPSA) is 77.9 Å². The number of carbonyl (C=O) groups is 1. The lowest BCUT2D eigenvalue weighted by Gasteiger charge is -2.35. The molecule has 0 aromatic rings. The fourth-order valence-corrected chi connectivity index (χ4v) is 3.80. The van der Waals surface area contributed by atoms with Gasteiger partial charge in [-0.2, -0.15) is 17.0 Å². The van der Waals surface area contributed by atoms with E-state index >= 15 is 0 Å². The van der Waals surface area contributed by atoms with Gasteiger partial charge in [-0.3, -0.25) is 4.79 Å². The maximum absolute atomic E-state index is 12.3. The van der Waals surface area contributed by atoms with E-state index in [0.29, 0.717) is 13.0 Å². The SMILES string of the molecule is CC1CCCCN1S(=O)(=O)N(C)CCCC(=O)O. The van der Waals surface area contributed by atoms with E-state index in [1.165, 1.54) is 15.7 Å². The fourth-order valence-electron chi connectivity index (χ4n) is 2.16. The third-order valence-corrected chi connectivity index (χ3v) is 5.40. The molecule has 1 aliphatic heterocycles. The van der Waals surface area contributed by atoms with Crippen molar-refractivity contribution >= 4 is 16.2 Å². The predicted molar refractivity (Wildman–Crippen MR) is 68.4 cm³/mol. The number of piperidine rings is 1. The summed E-state index contributed by atoms with van der Waals surface area (Å²) in [5.41, 5.74) is 0. The van der Waals surface area contributed by atoms with E-state index in [9.17, 15) is 13.2 Å². The first-order valence-corrected chi connectivity index (χ1v) is 7.70. The van der Waals surface area contributed by atoms with Gasteiger partial charge in [-0.05, 0) is 26.2 Å². The van der Waals surface area contributed by atoms with Crippen LogP contribution < -0.4 is 0 Å². The van der Waals surface area contributed by atoms with Crippen LogP contribution in [0.2, 0.25) is 0 Å². The molecule has 0 spiro atoms. The Balaban J connectivity index is 2.58. The van der Waals surface area contributed by atoms with Crippen molar-refractivity contribution in [3.63, 3.8) is 0 Å². The highest BCUT2D eigenvalue weighted by molar-refractivity contribution is 7.86. The molecule has 1 unspecified atom stereocenters. The highest BCUT2D eigenvalue weighted by Crippen LogP contribution is 2.21. The van der Waals surface area contributed by atoms with Crippen molar-refractivity contribution in [1.29, 1.82) is 0 Å². The Morgan fingerprint density at radius 1 is 1.44 bits per heavy atom. The van der Waals surface area contributed by atoms with Crippen molar-refractivity contribution in [2.75, 3.05) is 20.1 Å². The van der Waals surface area contributed by atoms with E-state index < -0.39 is 16.2 Å². The maximum atomic E-state index is 12.3. The molecule has 0 amide bonds. The summed E-state index contributed by atoms with van der Waals surface area (Å²) in [5.74, 6) is -0.896. The lowest BCUT2D eigenvalue weighted by molar-refractivity contribution is -0.137. The van der Waals surface area contributed by atoms with Crippen LogP contribution in [0, 0.1) is 0 Å². The minimum atomic E-state index is -3.44. The molecule has 0 aromatic heterocycles. The average Bonchev–Trinajstić information content (AvgIpc) is 2.28. The molecule has 1 atom stereocenters. The minimum Gasteiger partial charge on any atom is -0.481 e. The number of aliphatic carboxylic acids is 1. The molecule has 18 heavy (non-hydrogen) atoms. The molecule has 1 fully saturated rings. The molecule has 1 saturated heterocycles. The van der Waals surface area contributed by atoms with Gasteiger partial charge in [-0.25, -0.2) is 0 Å². The molecule has 6 nitrogen and oxygen atoms in total. The van der Waals surface area contributed by atoms with E-state index in [2.05, 4.69) is 0 Å². The molecule has 0 bridgehead atoms. The number of rotatable bonds is 6. The Kier molecular flexibility index (Phi) is 5.55. The second-order valence-electron chi connectivity index (χ2n) is 4.78. The third kappa shape index (κ3) is 3.93. The number of carboxylic acids is 1. The number of hydrogen-bond donors (Lipinski definition) is 1. The average molecular weight is 278 g/mol. The van der Waals surface area contributed by atoms with E-state index in [1.54, 1.807) is 0 Å². The normalized spacial score (nSPS) is 22.3. The van der Waals surface area contributed by atoms with Crippen LogP contribution >= 0.6 is 0 Å². The Bertz CT molecular complexity index is 383. The van der Waals surface area contributed by atoms with Crippen molar-refractivity contribution in [2.45, 2.75) is 45.1 Å². The number of nitrogens with zero attached hydrogens (tertiary/aromatic N) is 2. The van der Waals surface area contributed by atoms with Gasteiger partial charge in [0.1, 0.15) is 0 Å². The van der Waals surface area contributed by atoms with Crippen molar-refractivity contribution < 1.29 is 18.3 Å². The van der Waals surface area contributed by atoms with E-state index in [1.807, 2.05) is 6.92 Å². The summed E-state index contributed by atoms with van der Waals surface area (Å²) in [6.45, 7) is 2.73. The maximum Gasteiger partial charge on any atom is 0.303 e. The molecule has 0 radical (unpaired) electrons. The Hall–Kier alpha value is -0.660. The highest BCUT2D eigenvalue weighted by Gasteiger charge is 2.32. The van der Waals surface area contributed by atoms with E-state index in [0.717, 1.165) is 19.3 Å². The lowest BCUT2D eigenvalue weighted by Crippen LogP contribution is -2.48. The molecule has 7 heteroatoms. The minimum absolute atomic E-state index is 0.00455. The van der Waals surface area contributed by atoms with Gasteiger partial charge in [0.2, 0.25) is 0 Å². The molecule has 1 aliphatic rings. The zero-order valence-electron chi connectivity index (χ0n) is 11.0. The van der Waals surface area contributed by atoms with Gasteiger partial charge in [0.25, 0.3) is 10.2 Å². The van der Waals surface area contributed by atoms with E-state index in [-0.39, 0.29) is 19.0 Å². The van der Waals surface area contributed by atoms with Gasteiger partial charge in [0, 0.05) is 32.6 Å². The van der Waals surface area contributed by atoms with Crippen LogP contribution in [0.4, 0.5) is 0 Å². The summed E-state index contributed by atoms with van der Waals surface area (Å²) >= 11 is 0. The van der Waals surface area contributed by atoms with Crippen LogP contribution in [0.5, 0.6) is 0 Å². The Labute approximate surface area is 109 Å². The summed E-state index contributed by atoms with van der Waals surface area (Å²) in [6.07, 6.45) is 3.19. The molecule has 1 N–H and O–H groups in total. The van der Waals surface area contributed by atoms with Crippen LogP contribution in [-0.4, -0.2) is 54.3 Å². The molecule has 106 valence electrons. The summed E-state index contributed by atoms with van der Waals surface area (Å²) in [6, 6.07) is 0.0330. The van der Waals surface area contributed by atoms with Crippen molar-refractivity contribution in [3.8, 4) is 0 Å². The fraction of sp³-hybridized carbons (Fsp3) is 0.909. The van der Waals surface area contributed by atoms with Gasteiger partial charge in [-0.1, -0.05) is 6.42 Å². The van der Waals surface area contributed by atoms with Gasteiger partial charge >= 0.3 is 5.97 Å². The highest BCUT2D eigenvalue weighted by atomic mass is 32.2. The lowest BCUT2D eigenvalue weighted by atomic mass is 10.1. The van der Waals surface area contributed by atoms with Crippen LogP contribution in [0.15, 0.2) is 0 Å². The van der Waals surface area contributed by atoms with Crippen LogP contribution in [0.3, 0.4) is 0 Å². The van der Waals surface area contributed by atoms with Gasteiger partial charge in [0.15, 0.2) is 0 Å². The molecule has 0 aliphatic carbocycles. The summed E-state index contributed by atoms with van der Waals surface area (Å²) in [7, 11) is -1.92. The smallest absolute Gasteiger partial charge is 0.303 e. The van der Waals surface area contributed by atoms with Crippen LogP contribution in [0.1, 0.15) is 39.0 Å². The Morgan fingerprint density at radius 3 is 2.67 bits per heavy atom. The molecule has 1 rings (SSSR count). The Morgan fingerprint density at radius 2 is 2.11 bits per heavy atom. The van der Waals surface area contributed by atoms with Crippen molar-refractivity contribution in [3.05, 3.63) is 0 Å². The zero-order chi connectivity index (χ0) is 13.8. The summed E-state index contributed by atoms with van der Waals surface area (Å²) < 4.78 is 27.3. The first-order chi connectivity index (χ1) is 8.35. The number of carboxylic acid groups (broad SMARTS) is 1. The van der Waals surface area contributed by atoms with Gasteiger partial charge < -0.3 is 5.11 Å².